The minimum Gasteiger partial charge on any atom is -0.369 e. The molecular weight excluding hydrogens is 216 g/mol. The zero-order chi connectivity index (χ0) is 12.8. The predicted molar refractivity (Wildman–Crippen MR) is 70.2 cm³/mol. The molecule has 7 N–H and O–H groups in total. The molecule has 0 aliphatic rings. The molecule has 6 nitrogen and oxygen atoms in total. The van der Waals surface area contributed by atoms with Gasteiger partial charge in [-0.25, -0.2) is 10.4 Å². The van der Waals surface area contributed by atoms with Crippen molar-refractivity contribution in [3.63, 3.8) is 0 Å². The molecule has 0 radical (unpaired) electrons. The lowest BCUT2D eigenvalue weighted by Crippen LogP contribution is -2.33. The topological polar surface area (TPSA) is 115 Å². The number of aliphatic imine (C=N–C) groups is 1. The van der Waals surface area contributed by atoms with E-state index in [1.165, 1.54) is 11.1 Å². The number of hydrazone groups is 1. The van der Waals surface area contributed by atoms with Gasteiger partial charge in [0, 0.05) is 0 Å². The van der Waals surface area contributed by atoms with Crippen molar-refractivity contribution < 1.29 is 0 Å². The second kappa shape index (κ2) is 5.74. The van der Waals surface area contributed by atoms with Crippen LogP contribution in [-0.4, -0.2) is 11.9 Å². The fraction of sp³-hybridized carbons (Fsp3) is 0.273. The lowest BCUT2D eigenvalue weighted by Gasteiger charge is -2.03. The van der Waals surface area contributed by atoms with Crippen molar-refractivity contribution in [3.05, 3.63) is 34.9 Å². The molecule has 0 bridgehead atoms. The Morgan fingerprint density at radius 1 is 1.18 bits per heavy atom. The maximum Gasteiger partial charge on any atom is 0.209 e. The van der Waals surface area contributed by atoms with E-state index >= 15 is 0 Å². The van der Waals surface area contributed by atoms with Crippen LogP contribution < -0.4 is 22.6 Å². The van der Waals surface area contributed by atoms with Crippen LogP contribution in [0.1, 0.15) is 16.7 Å². The average Bonchev–Trinajstić information content (AvgIpc) is 2.28. The van der Waals surface area contributed by atoms with Crippen molar-refractivity contribution in [1.29, 1.82) is 0 Å². The molecular formula is C11H18N6. The zero-order valence-corrected chi connectivity index (χ0v) is 10.1. The highest BCUT2D eigenvalue weighted by Crippen LogP contribution is 2.10. The molecule has 0 spiro atoms. The average molecular weight is 234 g/mol. The molecule has 17 heavy (non-hydrogen) atoms. The first-order chi connectivity index (χ1) is 7.99. The fourth-order valence-corrected chi connectivity index (χ4v) is 1.24. The van der Waals surface area contributed by atoms with Crippen LogP contribution in [0.2, 0.25) is 0 Å². The van der Waals surface area contributed by atoms with E-state index in [2.05, 4.69) is 41.5 Å². The predicted octanol–water partition coefficient (Wildman–Crippen LogP) is -0.104. The van der Waals surface area contributed by atoms with Crippen LogP contribution in [-0.2, 0) is 6.54 Å². The van der Waals surface area contributed by atoms with Gasteiger partial charge in [-0.05, 0) is 30.5 Å². The van der Waals surface area contributed by atoms with Gasteiger partial charge in [0.05, 0.1) is 6.54 Å². The summed E-state index contributed by atoms with van der Waals surface area (Å²) in [5.74, 6) is 0.0889. The first-order valence-corrected chi connectivity index (χ1v) is 5.19. The number of hydrogen-bond donors (Lipinski definition) is 4. The number of nitrogens with one attached hydrogen (secondary N) is 1. The van der Waals surface area contributed by atoms with E-state index < -0.39 is 0 Å². The number of aryl methyl sites for hydroxylation is 2. The van der Waals surface area contributed by atoms with Gasteiger partial charge in [-0.2, -0.15) is 0 Å². The highest BCUT2D eigenvalue weighted by molar-refractivity contribution is 5.81. The van der Waals surface area contributed by atoms with E-state index in [0.29, 0.717) is 6.54 Å². The first-order valence-electron chi connectivity index (χ1n) is 5.19. The molecule has 6 heteroatoms. The van der Waals surface area contributed by atoms with Gasteiger partial charge < -0.3 is 17.2 Å². The number of guanidine groups is 2. The molecule has 1 rings (SSSR count). The Morgan fingerprint density at radius 2 is 1.88 bits per heavy atom. The molecule has 0 aromatic heterocycles. The summed E-state index contributed by atoms with van der Waals surface area (Å²) in [4.78, 5) is 4.10. The van der Waals surface area contributed by atoms with E-state index in [0.717, 1.165) is 5.56 Å². The van der Waals surface area contributed by atoms with Crippen molar-refractivity contribution in [3.8, 4) is 0 Å². The molecule has 0 saturated heterocycles. The molecule has 1 aromatic carbocycles. The minimum atomic E-state index is -0.0886. The van der Waals surface area contributed by atoms with Crippen molar-refractivity contribution in [1.82, 2.24) is 5.43 Å². The van der Waals surface area contributed by atoms with Crippen LogP contribution in [0.25, 0.3) is 0 Å². The maximum atomic E-state index is 5.56. The second-order valence-electron chi connectivity index (χ2n) is 3.77. The normalized spacial score (nSPS) is 11.1. The lowest BCUT2D eigenvalue weighted by atomic mass is 10.1. The van der Waals surface area contributed by atoms with Crippen molar-refractivity contribution in [2.24, 2.45) is 27.3 Å². The van der Waals surface area contributed by atoms with Gasteiger partial charge in [-0.1, -0.05) is 18.2 Å². The summed E-state index contributed by atoms with van der Waals surface area (Å²) in [7, 11) is 0. The van der Waals surface area contributed by atoms with Crippen LogP contribution in [0.5, 0.6) is 0 Å². The third kappa shape index (κ3) is 4.42. The molecule has 0 aliphatic heterocycles. The van der Waals surface area contributed by atoms with Gasteiger partial charge in [0.1, 0.15) is 0 Å². The van der Waals surface area contributed by atoms with Crippen LogP contribution in [0, 0.1) is 13.8 Å². The Bertz CT molecular complexity index is 445. The first kappa shape index (κ1) is 12.8. The van der Waals surface area contributed by atoms with E-state index in [9.17, 15) is 0 Å². The monoisotopic (exact) mass is 234 g/mol. The summed E-state index contributed by atoms with van der Waals surface area (Å²) in [6.45, 7) is 4.61. The standard InChI is InChI=1S/C11H18N6/c1-7-3-4-9(5-8(7)2)6-15-11(14)17-16-10(12)13/h3-5H,6H2,1-2H3,(H4,12,13,16)(H3,14,15,17). The van der Waals surface area contributed by atoms with Crippen molar-refractivity contribution in [2.75, 3.05) is 0 Å². The van der Waals surface area contributed by atoms with Crippen LogP contribution in [0.3, 0.4) is 0 Å². The summed E-state index contributed by atoms with van der Waals surface area (Å²) in [6, 6.07) is 6.15. The third-order valence-corrected chi connectivity index (χ3v) is 2.30. The van der Waals surface area contributed by atoms with Crippen molar-refractivity contribution in [2.45, 2.75) is 20.4 Å². The Labute approximate surface area is 101 Å². The summed E-state index contributed by atoms with van der Waals surface area (Å²) in [5.41, 5.74) is 21.9. The Morgan fingerprint density at radius 3 is 2.47 bits per heavy atom. The van der Waals surface area contributed by atoms with Gasteiger partial charge in [-0.15, -0.1) is 5.10 Å². The Hall–Kier alpha value is -2.24. The van der Waals surface area contributed by atoms with Crippen LogP contribution in [0.4, 0.5) is 0 Å². The number of hydrogen-bond acceptors (Lipinski definition) is 2. The van der Waals surface area contributed by atoms with Gasteiger partial charge >= 0.3 is 0 Å². The minimum absolute atomic E-state index is 0.0886. The second-order valence-corrected chi connectivity index (χ2v) is 3.77. The molecule has 0 atom stereocenters. The largest absolute Gasteiger partial charge is 0.369 e. The third-order valence-electron chi connectivity index (χ3n) is 2.30. The molecule has 0 heterocycles. The molecule has 0 saturated carbocycles. The highest BCUT2D eigenvalue weighted by Gasteiger charge is 1.96. The smallest absolute Gasteiger partial charge is 0.209 e. The van der Waals surface area contributed by atoms with Gasteiger partial charge in [0.2, 0.25) is 11.9 Å². The number of nitrogens with two attached hydrogens (primary N) is 3. The Kier molecular flexibility index (Phi) is 4.33. The van der Waals surface area contributed by atoms with Gasteiger partial charge in [-0.3, -0.25) is 0 Å². The SMILES string of the molecule is Cc1ccc(CN=C(N)NN=C(N)N)cc1C. The van der Waals surface area contributed by atoms with E-state index in [4.69, 9.17) is 17.2 Å². The summed E-state index contributed by atoms with van der Waals surface area (Å²) < 4.78 is 0. The van der Waals surface area contributed by atoms with E-state index in [-0.39, 0.29) is 11.9 Å². The highest BCUT2D eigenvalue weighted by atomic mass is 15.4. The molecule has 0 amide bonds. The quantitative estimate of drug-likeness (QED) is 0.332. The van der Waals surface area contributed by atoms with Gasteiger partial charge in [0.15, 0.2) is 0 Å². The van der Waals surface area contributed by atoms with Crippen LogP contribution in [0.15, 0.2) is 28.3 Å². The van der Waals surface area contributed by atoms with E-state index in [1.54, 1.807) is 0 Å². The fourth-order valence-electron chi connectivity index (χ4n) is 1.24. The molecule has 0 aliphatic carbocycles. The number of nitrogens with zero attached hydrogens (tertiary/aromatic N) is 2. The van der Waals surface area contributed by atoms with Crippen LogP contribution >= 0.6 is 0 Å². The lowest BCUT2D eigenvalue weighted by molar-refractivity contribution is 0.950. The summed E-state index contributed by atoms with van der Waals surface area (Å²) >= 11 is 0. The summed E-state index contributed by atoms with van der Waals surface area (Å²) in [6.07, 6.45) is 0. The van der Waals surface area contributed by atoms with E-state index in [1.807, 2.05) is 6.07 Å². The van der Waals surface area contributed by atoms with Gasteiger partial charge in [0.25, 0.3) is 0 Å². The maximum absolute atomic E-state index is 5.56. The Balaban J connectivity index is 2.62. The number of benzene rings is 1. The zero-order valence-electron chi connectivity index (χ0n) is 10.1. The molecule has 0 fully saturated rings. The molecule has 0 unspecified atom stereocenters. The van der Waals surface area contributed by atoms with Crippen molar-refractivity contribution >= 4 is 11.9 Å². The number of rotatable bonds is 3. The summed E-state index contributed by atoms with van der Waals surface area (Å²) in [5, 5.41) is 3.53. The molecule has 1 aromatic rings. The molecule has 92 valence electrons.